The van der Waals surface area contributed by atoms with Gasteiger partial charge in [0.15, 0.2) is 0 Å². The lowest BCUT2D eigenvalue weighted by atomic mass is 9.89. The van der Waals surface area contributed by atoms with Gasteiger partial charge in [0.25, 0.3) is 0 Å². The van der Waals surface area contributed by atoms with Crippen molar-refractivity contribution in [2.45, 2.75) is 33.1 Å². The molecule has 0 aliphatic rings. The van der Waals surface area contributed by atoms with Crippen LogP contribution in [0.3, 0.4) is 0 Å². The van der Waals surface area contributed by atoms with E-state index in [9.17, 15) is 0 Å². The molecule has 0 heterocycles. The van der Waals surface area contributed by atoms with Crippen LogP contribution in [0.2, 0.25) is 0 Å². The van der Waals surface area contributed by atoms with Gasteiger partial charge in [-0.05, 0) is 49.9 Å². The normalized spacial score (nSPS) is 14.6. The summed E-state index contributed by atoms with van der Waals surface area (Å²) in [5.74, 6) is 1.55. The SMILES string of the molecule is CCC(C)CC(CNC)Cc1ccccc1Br. The van der Waals surface area contributed by atoms with Crippen molar-refractivity contribution in [1.29, 1.82) is 0 Å². The predicted octanol–water partition coefficient (Wildman–Crippen LogP) is 4.26. The van der Waals surface area contributed by atoms with Crippen LogP contribution < -0.4 is 5.32 Å². The largest absolute Gasteiger partial charge is 0.319 e. The Morgan fingerprint density at radius 2 is 2.00 bits per heavy atom. The van der Waals surface area contributed by atoms with E-state index < -0.39 is 0 Å². The summed E-state index contributed by atoms with van der Waals surface area (Å²) in [7, 11) is 2.05. The van der Waals surface area contributed by atoms with E-state index in [1.165, 1.54) is 22.9 Å². The summed E-state index contributed by atoms with van der Waals surface area (Å²) in [6.07, 6.45) is 3.74. The van der Waals surface area contributed by atoms with E-state index >= 15 is 0 Å². The molecule has 0 radical (unpaired) electrons. The van der Waals surface area contributed by atoms with Gasteiger partial charge in [-0.2, -0.15) is 0 Å². The lowest BCUT2D eigenvalue weighted by molar-refractivity contribution is 0.370. The average molecular weight is 298 g/mol. The Morgan fingerprint density at radius 1 is 1.29 bits per heavy atom. The zero-order valence-corrected chi connectivity index (χ0v) is 12.8. The van der Waals surface area contributed by atoms with Gasteiger partial charge in [-0.25, -0.2) is 0 Å². The van der Waals surface area contributed by atoms with Gasteiger partial charge >= 0.3 is 0 Å². The second-order valence-corrected chi connectivity index (χ2v) is 5.82. The van der Waals surface area contributed by atoms with Crippen molar-refractivity contribution in [2.75, 3.05) is 13.6 Å². The van der Waals surface area contributed by atoms with Gasteiger partial charge in [0, 0.05) is 4.47 Å². The summed E-state index contributed by atoms with van der Waals surface area (Å²) >= 11 is 3.64. The fourth-order valence-corrected chi connectivity index (χ4v) is 2.68. The Kier molecular flexibility index (Phi) is 6.83. The Bertz CT molecular complexity index is 324. The highest BCUT2D eigenvalue weighted by Crippen LogP contribution is 2.23. The lowest BCUT2D eigenvalue weighted by Crippen LogP contribution is -2.22. The van der Waals surface area contributed by atoms with Crippen molar-refractivity contribution < 1.29 is 0 Å². The van der Waals surface area contributed by atoms with E-state index in [4.69, 9.17) is 0 Å². The minimum absolute atomic E-state index is 0.730. The Hall–Kier alpha value is -0.340. The summed E-state index contributed by atoms with van der Waals surface area (Å²) in [5.41, 5.74) is 1.43. The lowest BCUT2D eigenvalue weighted by Gasteiger charge is -2.20. The topological polar surface area (TPSA) is 12.0 Å². The number of hydrogen-bond donors (Lipinski definition) is 1. The van der Waals surface area contributed by atoms with Crippen molar-refractivity contribution in [3.8, 4) is 0 Å². The molecule has 0 spiro atoms. The van der Waals surface area contributed by atoms with Gasteiger partial charge in [-0.15, -0.1) is 0 Å². The summed E-state index contributed by atoms with van der Waals surface area (Å²) in [5, 5.41) is 3.32. The van der Waals surface area contributed by atoms with Crippen molar-refractivity contribution in [3.63, 3.8) is 0 Å². The van der Waals surface area contributed by atoms with Crippen LogP contribution >= 0.6 is 15.9 Å². The molecule has 0 saturated carbocycles. The van der Waals surface area contributed by atoms with Crippen molar-refractivity contribution in [1.82, 2.24) is 5.32 Å². The Balaban J connectivity index is 2.63. The second-order valence-electron chi connectivity index (χ2n) is 4.97. The molecule has 1 rings (SSSR count). The third-order valence-electron chi connectivity index (χ3n) is 3.39. The summed E-state index contributed by atoms with van der Waals surface area (Å²) in [6.45, 7) is 5.73. The molecular formula is C15H24BrN. The van der Waals surface area contributed by atoms with Gasteiger partial charge in [0.05, 0.1) is 0 Å². The fourth-order valence-electron chi connectivity index (χ4n) is 2.24. The van der Waals surface area contributed by atoms with Crippen LogP contribution in [0.4, 0.5) is 0 Å². The van der Waals surface area contributed by atoms with Crippen LogP contribution in [0.25, 0.3) is 0 Å². The Morgan fingerprint density at radius 3 is 2.59 bits per heavy atom. The minimum atomic E-state index is 0.730. The van der Waals surface area contributed by atoms with E-state index in [1.54, 1.807) is 0 Å². The molecule has 0 amide bonds. The molecule has 17 heavy (non-hydrogen) atoms. The molecule has 0 aliphatic carbocycles. The first-order valence-electron chi connectivity index (χ1n) is 6.55. The number of benzene rings is 1. The van der Waals surface area contributed by atoms with Gasteiger partial charge in [-0.1, -0.05) is 54.4 Å². The maximum absolute atomic E-state index is 3.64. The molecule has 0 aromatic heterocycles. The molecule has 2 unspecified atom stereocenters. The fraction of sp³-hybridized carbons (Fsp3) is 0.600. The first kappa shape index (κ1) is 14.7. The highest BCUT2D eigenvalue weighted by Gasteiger charge is 2.13. The van der Waals surface area contributed by atoms with Crippen molar-refractivity contribution >= 4 is 15.9 Å². The van der Waals surface area contributed by atoms with E-state index in [-0.39, 0.29) is 0 Å². The van der Waals surface area contributed by atoms with Gasteiger partial charge < -0.3 is 5.32 Å². The molecule has 0 fully saturated rings. The molecule has 96 valence electrons. The smallest absolute Gasteiger partial charge is 0.0207 e. The quantitative estimate of drug-likeness (QED) is 0.793. The Labute approximate surface area is 114 Å². The zero-order valence-electron chi connectivity index (χ0n) is 11.2. The molecule has 0 saturated heterocycles. The van der Waals surface area contributed by atoms with Gasteiger partial charge in [0.2, 0.25) is 0 Å². The summed E-state index contributed by atoms with van der Waals surface area (Å²) < 4.78 is 1.24. The molecule has 1 N–H and O–H groups in total. The second kappa shape index (κ2) is 7.88. The molecule has 1 nitrogen and oxygen atoms in total. The van der Waals surface area contributed by atoms with Crippen LogP contribution in [0, 0.1) is 11.8 Å². The minimum Gasteiger partial charge on any atom is -0.319 e. The highest BCUT2D eigenvalue weighted by molar-refractivity contribution is 9.10. The van der Waals surface area contributed by atoms with Crippen LogP contribution in [-0.4, -0.2) is 13.6 Å². The number of nitrogens with one attached hydrogen (secondary N) is 1. The van der Waals surface area contributed by atoms with E-state index in [0.717, 1.165) is 24.8 Å². The third-order valence-corrected chi connectivity index (χ3v) is 4.17. The molecule has 2 heteroatoms. The van der Waals surface area contributed by atoms with Crippen LogP contribution in [0.1, 0.15) is 32.3 Å². The molecular weight excluding hydrogens is 274 g/mol. The maximum atomic E-state index is 3.64. The van der Waals surface area contributed by atoms with Gasteiger partial charge in [-0.3, -0.25) is 0 Å². The first-order chi connectivity index (χ1) is 8.17. The van der Waals surface area contributed by atoms with E-state index in [1.807, 2.05) is 7.05 Å². The molecule has 0 aliphatic heterocycles. The molecule has 1 aromatic rings. The van der Waals surface area contributed by atoms with Crippen LogP contribution in [-0.2, 0) is 6.42 Å². The number of halogens is 1. The number of hydrogen-bond acceptors (Lipinski definition) is 1. The predicted molar refractivity (Wildman–Crippen MR) is 79.3 cm³/mol. The highest BCUT2D eigenvalue weighted by atomic mass is 79.9. The monoisotopic (exact) mass is 297 g/mol. The summed E-state index contributed by atoms with van der Waals surface area (Å²) in [6, 6.07) is 8.56. The standard InChI is InChI=1S/C15H24BrN/c1-4-12(2)9-13(11-17-3)10-14-7-5-6-8-15(14)16/h5-8,12-13,17H,4,9-11H2,1-3H3. The van der Waals surface area contributed by atoms with E-state index in [2.05, 4.69) is 59.4 Å². The van der Waals surface area contributed by atoms with Crippen molar-refractivity contribution in [2.24, 2.45) is 11.8 Å². The van der Waals surface area contributed by atoms with Crippen molar-refractivity contribution in [3.05, 3.63) is 34.3 Å². The molecule has 1 aromatic carbocycles. The van der Waals surface area contributed by atoms with Gasteiger partial charge in [0.1, 0.15) is 0 Å². The van der Waals surface area contributed by atoms with Crippen LogP contribution in [0.15, 0.2) is 28.7 Å². The average Bonchev–Trinajstić information content (AvgIpc) is 2.32. The third kappa shape index (κ3) is 5.22. The summed E-state index contributed by atoms with van der Waals surface area (Å²) in [4.78, 5) is 0. The molecule has 2 atom stereocenters. The number of rotatable bonds is 7. The maximum Gasteiger partial charge on any atom is 0.0207 e. The first-order valence-corrected chi connectivity index (χ1v) is 7.34. The molecule has 0 bridgehead atoms. The van der Waals surface area contributed by atoms with E-state index in [0.29, 0.717) is 0 Å². The zero-order chi connectivity index (χ0) is 12.7. The van der Waals surface area contributed by atoms with Crippen LogP contribution in [0.5, 0.6) is 0 Å².